The molecular weight excluding hydrogens is 160 g/mol. The standard InChI is InChI=1S/C7H10N2O3/c1-4-3-8-7(10)6(5(4)2)9(11)12/h3,7-8,10H,1-2H3. The van der Waals surface area contributed by atoms with Crippen molar-refractivity contribution in [1.29, 1.82) is 0 Å². The van der Waals surface area contributed by atoms with Crippen molar-refractivity contribution in [2.45, 2.75) is 20.1 Å². The summed E-state index contributed by atoms with van der Waals surface area (Å²) in [6, 6.07) is 0. The van der Waals surface area contributed by atoms with Gasteiger partial charge in [-0.05, 0) is 19.4 Å². The second kappa shape index (κ2) is 2.94. The molecule has 0 fully saturated rings. The Hall–Kier alpha value is -1.36. The van der Waals surface area contributed by atoms with Crippen LogP contribution in [0.4, 0.5) is 0 Å². The lowest BCUT2D eigenvalue weighted by molar-refractivity contribution is -0.438. The van der Waals surface area contributed by atoms with Crippen LogP contribution < -0.4 is 5.32 Å². The summed E-state index contributed by atoms with van der Waals surface area (Å²) < 4.78 is 0. The maximum absolute atomic E-state index is 10.4. The van der Waals surface area contributed by atoms with Gasteiger partial charge in [0.05, 0.1) is 4.92 Å². The van der Waals surface area contributed by atoms with Gasteiger partial charge in [0.15, 0.2) is 0 Å². The number of dihydropyridines is 1. The van der Waals surface area contributed by atoms with Crippen LogP contribution in [0.15, 0.2) is 23.0 Å². The maximum atomic E-state index is 10.4. The highest BCUT2D eigenvalue weighted by molar-refractivity contribution is 5.33. The van der Waals surface area contributed by atoms with E-state index in [1.54, 1.807) is 20.0 Å². The van der Waals surface area contributed by atoms with Gasteiger partial charge in [-0.1, -0.05) is 0 Å². The monoisotopic (exact) mass is 170 g/mol. The Kier molecular flexibility index (Phi) is 2.14. The van der Waals surface area contributed by atoms with E-state index in [1.807, 2.05) is 0 Å². The Balaban J connectivity index is 3.11. The molecule has 1 rings (SSSR count). The number of allylic oxidation sites excluding steroid dienone is 2. The molecule has 1 heterocycles. The second-order valence-electron chi connectivity index (χ2n) is 2.66. The maximum Gasteiger partial charge on any atom is 0.298 e. The highest BCUT2D eigenvalue weighted by Crippen LogP contribution is 2.19. The van der Waals surface area contributed by atoms with Gasteiger partial charge < -0.3 is 10.4 Å². The Morgan fingerprint density at radius 1 is 1.67 bits per heavy atom. The van der Waals surface area contributed by atoms with Gasteiger partial charge in [-0.25, -0.2) is 0 Å². The van der Waals surface area contributed by atoms with Crippen molar-refractivity contribution in [2.75, 3.05) is 0 Å². The molecule has 0 aromatic heterocycles. The quantitative estimate of drug-likeness (QED) is 0.440. The molecule has 2 N–H and O–H groups in total. The van der Waals surface area contributed by atoms with Crippen molar-refractivity contribution >= 4 is 0 Å². The first-order valence-electron chi connectivity index (χ1n) is 3.50. The minimum absolute atomic E-state index is 0.171. The highest BCUT2D eigenvalue weighted by atomic mass is 16.6. The summed E-state index contributed by atoms with van der Waals surface area (Å²) in [6.45, 7) is 3.37. The van der Waals surface area contributed by atoms with Crippen molar-refractivity contribution in [2.24, 2.45) is 0 Å². The van der Waals surface area contributed by atoms with E-state index in [2.05, 4.69) is 5.32 Å². The van der Waals surface area contributed by atoms with Crippen LogP contribution in [-0.4, -0.2) is 16.3 Å². The van der Waals surface area contributed by atoms with Crippen LogP contribution in [0.2, 0.25) is 0 Å². The number of hydrogen-bond acceptors (Lipinski definition) is 4. The molecule has 0 aromatic carbocycles. The van der Waals surface area contributed by atoms with Crippen molar-refractivity contribution in [3.05, 3.63) is 33.2 Å². The normalized spacial score (nSPS) is 23.2. The van der Waals surface area contributed by atoms with Crippen molar-refractivity contribution in [3.8, 4) is 0 Å². The summed E-state index contributed by atoms with van der Waals surface area (Å²) in [6.07, 6.45) is 0.371. The van der Waals surface area contributed by atoms with Crippen LogP contribution in [0, 0.1) is 10.1 Å². The zero-order valence-corrected chi connectivity index (χ0v) is 6.87. The third-order valence-electron chi connectivity index (χ3n) is 1.89. The fourth-order valence-corrected chi connectivity index (χ4v) is 1.03. The van der Waals surface area contributed by atoms with Gasteiger partial charge in [0.2, 0.25) is 6.23 Å². The Morgan fingerprint density at radius 3 is 2.67 bits per heavy atom. The van der Waals surface area contributed by atoms with Crippen molar-refractivity contribution < 1.29 is 10.0 Å². The number of hydrogen-bond donors (Lipinski definition) is 2. The van der Waals surface area contributed by atoms with Gasteiger partial charge >= 0.3 is 0 Å². The summed E-state index contributed by atoms with van der Waals surface area (Å²) in [5.41, 5.74) is 1.12. The number of aliphatic hydroxyl groups is 1. The van der Waals surface area contributed by atoms with E-state index >= 15 is 0 Å². The highest BCUT2D eigenvalue weighted by Gasteiger charge is 2.28. The number of aliphatic hydroxyl groups excluding tert-OH is 1. The van der Waals surface area contributed by atoms with E-state index < -0.39 is 11.2 Å². The fraction of sp³-hybridized carbons (Fsp3) is 0.429. The minimum atomic E-state index is -1.19. The smallest absolute Gasteiger partial charge is 0.298 e. The van der Waals surface area contributed by atoms with Gasteiger partial charge in [-0.15, -0.1) is 0 Å². The lowest BCUT2D eigenvalue weighted by Gasteiger charge is -2.16. The molecule has 0 spiro atoms. The molecule has 0 aromatic rings. The van der Waals surface area contributed by atoms with Crippen LogP contribution >= 0.6 is 0 Å². The first-order valence-corrected chi connectivity index (χ1v) is 3.50. The molecular formula is C7H10N2O3. The molecule has 0 radical (unpaired) electrons. The van der Waals surface area contributed by atoms with Gasteiger partial charge in [-0.2, -0.15) is 0 Å². The van der Waals surface area contributed by atoms with E-state index in [0.29, 0.717) is 5.57 Å². The van der Waals surface area contributed by atoms with E-state index in [9.17, 15) is 15.2 Å². The zero-order valence-electron chi connectivity index (χ0n) is 6.87. The van der Waals surface area contributed by atoms with Crippen molar-refractivity contribution in [1.82, 2.24) is 5.32 Å². The lowest BCUT2D eigenvalue weighted by atomic mass is 10.1. The van der Waals surface area contributed by atoms with Gasteiger partial charge in [0.25, 0.3) is 5.70 Å². The SMILES string of the molecule is CC1=CNC(O)C([N+](=O)[O-])=C1C. The summed E-state index contributed by atoms with van der Waals surface area (Å²) in [5, 5.41) is 22.1. The Bertz CT molecular complexity index is 280. The summed E-state index contributed by atoms with van der Waals surface area (Å²) >= 11 is 0. The largest absolute Gasteiger partial charge is 0.364 e. The molecule has 0 saturated carbocycles. The molecule has 1 unspecified atom stereocenters. The van der Waals surface area contributed by atoms with Gasteiger partial charge in [0.1, 0.15) is 0 Å². The van der Waals surface area contributed by atoms with Gasteiger partial charge in [0, 0.05) is 11.8 Å². The van der Waals surface area contributed by atoms with Crippen LogP contribution in [0.5, 0.6) is 0 Å². The van der Waals surface area contributed by atoms with Crippen molar-refractivity contribution in [3.63, 3.8) is 0 Å². The average molecular weight is 170 g/mol. The number of nitrogens with one attached hydrogen (secondary N) is 1. The first-order chi connectivity index (χ1) is 5.54. The predicted molar refractivity (Wildman–Crippen MR) is 42.6 cm³/mol. The molecule has 0 bridgehead atoms. The van der Waals surface area contributed by atoms with Crippen LogP contribution in [0.3, 0.4) is 0 Å². The molecule has 12 heavy (non-hydrogen) atoms. The number of nitro groups is 1. The molecule has 5 nitrogen and oxygen atoms in total. The molecule has 1 aliphatic rings. The number of rotatable bonds is 1. The lowest BCUT2D eigenvalue weighted by Crippen LogP contribution is -2.33. The molecule has 1 atom stereocenters. The van der Waals surface area contributed by atoms with E-state index in [4.69, 9.17) is 0 Å². The summed E-state index contributed by atoms with van der Waals surface area (Å²) in [4.78, 5) is 9.88. The third kappa shape index (κ3) is 1.31. The van der Waals surface area contributed by atoms with E-state index in [0.717, 1.165) is 5.57 Å². The zero-order chi connectivity index (χ0) is 9.30. The van der Waals surface area contributed by atoms with Crippen LogP contribution in [-0.2, 0) is 0 Å². The fourth-order valence-electron chi connectivity index (χ4n) is 1.03. The predicted octanol–water partition coefficient (Wildman–Crippen LogP) is 0.362. The molecule has 0 amide bonds. The first kappa shape index (κ1) is 8.73. The molecule has 0 aliphatic carbocycles. The third-order valence-corrected chi connectivity index (χ3v) is 1.89. The number of nitrogens with zero attached hydrogens (tertiary/aromatic N) is 1. The van der Waals surface area contributed by atoms with Crippen LogP contribution in [0.25, 0.3) is 0 Å². The molecule has 66 valence electrons. The Labute approximate surface area is 69.5 Å². The topological polar surface area (TPSA) is 75.4 Å². The Morgan fingerprint density at radius 2 is 2.25 bits per heavy atom. The van der Waals surface area contributed by atoms with E-state index in [-0.39, 0.29) is 5.70 Å². The molecule has 1 aliphatic heterocycles. The minimum Gasteiger partial charge on any atom is -0.364 e. The average Bonchev–Trinajstić information content (AvgIpc) is 1.97. The van der Waals surface area contributed by atoms with Crippen LogP contribution in [0.1, 0.15) is 13.8 Å². The van der Waals surface area contributed by atoms with E-state index in [1.165, 1.54) is 0 Å². The van der Waals surface area contributed by atoms with Gasteiger partial charge in [-0.3, -0.25) is 10.1 Å². The second-order valence-corrected chi connectivity index (χ2v) is 2.66. The molecule has 0 saturated heterocycles. The summed E-state index contributed by atoms with van der Waals surface area (Å²) in [5.74, 6) is 0. The molecule has 5 heteroatoms. The summed E-state index contributed by atoms with van der Waals surface area (Å²) in [7, 11) is 0.